The molecule has 0 aliphatic carbocycles. The third-order valence-corrected chi connectivity index (χ3v) is 10.8. The normalized spacial score (nSPS) is 25.4. The Morgan fingerprint density at radius 2 is 1.94 bits per heavy atom. The molecule has 48 heavy (non-hydrogen) atoms. The standard InChI is InChI=1S/C36H33F3N6O3/c1-3-24-27(38)8-5-19-11-23(46)12-25(28(19)24)29-31(39)33-30(26-15-43(2)42-32(26)29)34(45-21-6-7-22(45)17-47-16-21)41-35(40-33)48-18-36-9-4-10-44(36)14-20(37)13-36/h1,5,8,11-12,15,20-22,46H,4,6-7,9-10,13-14,16-18H2,2H3/t20-,21-,22+,36+/m1/s1. The summed E-state index contributed by atoms with van der Waals surface area (Å²) < 4.78 is 61.0. The van der Waals surface area contributed by atoms with E-state index in [-0.39, 0.29) is 58.0 Å². The Hall–Kier alpha value is -4.60. The number of benzene rings is 3. The van der Waals surface area contributed by atoms with E-state index in [2.05, 4.69) is 20.8 Å². The second-order valence-corrected chi connectivity index (χ2v) is 13.7. The van der Waals surface area contributed by atoms with Crippen molar-refractivity contribution >= 4 is 38.4 Å². The fourth-order valence-electron chi connectivity index (χ4n) is 8.80. The van der Waals surface area contributed by atoms with E-state index in [4.69, 9.17) is 25.9 Å². The van der Waals surface area contributed by atoms with Crippen LogP contribution in [0.5, 0.6) is 11.8 Å². The molecule has 0 saturated carbocycles. The van der Waals surface area contributed by atoms with Crippen LogP contribution >= 0.6 is 0 Å². The molecule has 246 valence electrons. The van der Waals surface area contributed by atoms with Crippen LogP contribution in [0.2, 0.25) is 0 Å². The maximum absolute atomic E-state index is 17.5. The summed E-state index contributed by atoms with van der Waals surface area (Å²) in [5, 5.41) is 17.3. The zero-order valence-corrected chi connectivity index (χ0v) is 26.3. The lowest BCUT2D eigenvalue weighted by Crippen LogP contribution is -2.46. The molecular weight excluding hydrogens is 621 g/mol. The molecule has 0 radical (unpaired) electrons. The van der Waals surface area contributed by atoms with Gasteiger partial charge in [-0.3, -0.25) is 9.58 Å². The van der Waals surface area contributed by atoms with E-state index in [0.717, 1.165) is 32.2 Å². The highest BCUT2D eigenvalue weighted by Crippen LogP contribution is 2.47. The van der Waals surface area contributed by atoms with Crippen LogP contribution in [0, 0.1) is 24.0 Å². The fraction of sp³-hybridized carbons (Fsp3) is 0.417. The summed E-state index contributed by atoms with van der Waals surface area (Å²) in [7, 11) is 1.74. The SMILES string of the molecule is C#Cc1c(F)ccc2cc(O)cc(-c3c(F)c4nc(OC[C@@]56CCCN5C[C@H](F)C6)nc(N5[C@@H]6CC[C@H]5COC6)c4c4cn(C)nc34)c12. The van der Waals surface area contributed by atoms with Crippen molar-refractivity contribution in [2.75, 3.05) is 37.8 Å². The average Bonchev–Trinajstić information content (AvgIpc) is 3.78. The molecule has 0 unspecified atom stereocenters. The van der Waals surface area contributed by atoms with Crippen molar-refractivity contribution in [2.45, 2.75) is 55.9 Å². The molecule has 1 N–H and O–H groups in total. The molecule has 12 heteroatoms. The molecule has 4 saturated heterocycles. The summed E-state index contributed by atoms with van der Waals surface area (Å²) in [5.74, 6) is 1.44. The van der Waals surface area contributed by atoms with Gasteiger partial charge in [-0.05, 0) is 61.4 Å². The van der Waals surface area contributed by atoms with Crippen molar-refractivity contribution in [1.29, 1.82) is 0 Å². The summed E-state index contributed by atoms with van der Waals surface area (Å²) in [4.78, 5) is 14.0. The van der Waals surface area contributed by atoms with E-state index in [0.29, 0.717) is 53.7 Å². The number of phenolic OH excluding ortho intramolecular Hbond substituents is 1. The van der Waals surface area contributed by atoms with E-state index in [1.165, 1.54) is 24.3 Å². The monoisotopic (exact) mass is 654 g/mol. The van der Waals surface area contributed by atoms with Crippen LogP contribution in [-0.4, -0.2) is 86.5 Å². The largest absolute Gasteiger partial charge is 0.508 e. The zero-order valence-electron chi connectivity index (χ0n) is 26.3. The Balaban J connectivity index is 1.31. The molecular formula is C36H33F3N6O3. The van der Waals surface area contributed by atoms with Gasteiger partial charge in [0, 0.05) is 42.5 Å². The average molecular weight is 655 g/mol. The number of aromatic nitrogens is 4. The van der Waals surface area contributed by atoms with Gasteiger partial charge in [-0.2, -0.15) is 15.1 Å². The van der Waals surface area contributed by atoms with Gasteiger partial charge in [0.25, 0.3) is 0 Å². The predicted molar refractivity (Wildman–Crippen MR) is 175 cm³/mol. The van der Waals surface area contributed by atoms with Gasteiger partial charge in [0.1, 0.15) is 41.2 Å². The molecule has 6 heterocycles. The number of hydrogen-bond acceptors (Lipinski definition) is 8. The summed E-state index contributed by atoms with van der Waals surface area (Å²) in [5.41, 5.74) is 0.00592. The smallest absolute Gasteiger partial charge is 0.319 e. The van der Waals surface area contributed by atoms with Crippen molar-refractivity contribution in [2.24, 2.45) is 7.05 Å². The molecule has 9 nitrogen and oxygen atoms in total. The minimum absolute atomic E-state index is 0.00196. The molecule has 4 aliphatic rings. The van der Waals surface area contributed by atoms with E-state index in [1.54, 1.807) is 17.9 Å². The zero-order chi connectivity index (χ0) is 32.9. The van der Waals surface area contributed by atoms with E-state index in [1.807, 2.05) is 0 Å². The first-order valence-corrected chi connectivity index (χ1v) is 16.4. The van der Waals surface area contributed by atoms with Crippen LogP contribution in [0.25, 0.3) is 43.7 Å². The van der Waals surface area contributed by atoms with Gasteiger partial charge in [0.15, 0.2) is 5.82 Å². The topological polar surface area (TPSA) is 88.8 Å². The Labute approximate surface area is 274 Å². The molecule has 0 spiro atoms. The number of nitrogens with zero attached hydrogens (tertiary/aromatic N) is 6. The quantitative estimate of drug-likeness (QED) is 0.244. The second-order valence-electron chi connectivity index (χ2n) is 13.7. The van der Waals surface area contributed by atoms with Crippen molar-refractivity contribution < 1.29 is 27.8 Å². The van der Waals surface area contributed by atoms with Gasteiger partial charge >= 0.3 is 6.01 Å². The Bertz CT molecular complexity index is 2180. The molecule has 2 aromatic heterocycles. The highest BCUT2D eigenvalue weighted by atomic mass is 19.1. The van der Waals surface area contributed by atoms with E-state index in [9.17, 15) is 9.50 Å². The molecule has 3 aromatic carbocycles. The number of terminal acetylenes is 1. The van der Waals surface area contributed by atoms with Crippen LogP contribution in [0.15, 0.2) is 30.5 Å². The summed E-state index contributed by atoms with van der Waals surface area (Å²) >= 11 is 0. The minimum atomic E-state index is -0.931. The lowest BCUT2D eigenvalue weighted by atomic mass is 9.91. The number of fused-ring (bicyclic) bond motifs is 7. The van der Waals surface area contributed by atoms with Crippen LogP contribution in [-0.2, 0) is 11.8 Å². The Morgan fingerprint density at radius 1 is 1.12 bits per heavy atom. The molecule has 4 fully saturated rings. The van der Waals surface area contributed by atoms with Crippen LogP contribution in [0.3, 0.4) is 0 Å². The number of aromatic hydroxyl groups is 1. The van der Waals surface area contributed by atoms with Gasteiger partial charge in [0.2, 0.25) is 0 Å². The fourth-order valence-corrected chi connectivity index (χ4v) is 8.80. The van der Waals surface area contributed by atoms with Gasteiger partial charge in [0.05, 0.1) is 41.8 Å². The first-order chi connectivity index (χ1) is 23.2. The van der Waals surface area contributed by atoms with Crippen LogP contribution in [0.1, 0.15) is 37.7 Å². The van der Waals surface area contributed by atoms with Crippen LogP contribution < -0.4 is 9.64 Å². The first-order valence-electron chi connectivity index (χ1n) is 16.4. The summed E-state index contributed by atoms with van der Waals surface area (Å²) in [6.45, 7) is 2.39. The molecule has 5 aromatic rings. The van der Waals surface area contributed by atoms with Crippen molar-refractivity contribution in [3.8, 4) is 35.2 Å². The number of hydrogen-bond donors (Lipinski definition) is 1. The number of aryl methyl sites for hydroxylation is 1. The number of alkyl halides is 1. The van der Waals surface area contributed by atoms with Gasteiger partial charge in [-0.25, -0.2) is 13.2 Å². The number of rotatable bonds is 5. The maximum atomic E-state index is 17.5. The minimum Gasteiger partial charge on any atom is -0.508 e. The molecule has 4 atom stereocenters. The number of anilines is 1. The van der Waals surface area contributed by atoms with Gasteiger partial charge in [-0.1, -0.05) is 12.0 Å². The Morgan fingerprint density at radius 3 is 2.73 bits per heavy atom. The molecule has 9 rings (SSSR count). The van der Waals surface area contributed by atoms with E-state index < -0.39 is 23.3 Å². The Kier molecular flexibility index (Phi) is 6.59. The highest BCUT2D eigenvalue weighted by molar-refractivity contribution is 6.18. The van der Waals surface area contributed by atoms with E-state index >= 15 is 8.78 Å². The molecule has 2 bridgehead atoms. The summed E-state index contributed by atoms with van der Waals surface area (Å²) in [6.07, 6.45) is 10.6. The predicted octanol–water partition coefficient (Wildman–Crippen LogP) is 5.62. The lowest BCUT2D eigenvalue weighted by molar-refractivity contribution is 0.0898. The number of morpholine rings is 1. The van der Waals surface area contributed by atoms with Crippen molar-refractivity contribution in [3.63, 3.8) is 0 Å². The first kappa shape index (κ1) is 29.5. The number of halogens is 3. The third-order valence-electron chi connectivity index (χ3n) is 10.8. The number of ether oxygens (including phenoxy) is 2. The molecule has 4 aliphatic heterocycles. The van der Waals surface area contributed by atoms with Crippen molar-refractivity contribution in [1.82, 2.24) is 24.6 Å². The third kappa shape index (κ3) is 4.30. The summed E-state index contributed by atoms with van der Waals surface area (Å²) in [6, 6.07) is 5.64. The maximum Gasteiger partial charge on any atom is 0.319 e. The van der Waals surface area contributed by atoms with Crippen molar-refractivity contribution in [3.05, 3.63) is 47.7 Å². The second kappa shape index (κ2) is 10.7. The number of phenols is 1. The van der Waals surface area contributed by atoms with Gasteiger partial charge in [-0.15, -0.1) is 6.42 Å². The molecule has 0 amide bonds. The van der Waals surface area contributed by atoms with Crippen LogP contribution in [0.4, 0.5) is 19.0 Å². The highest BCUT2D eigenvalue weighted by Gasteiger charge is 2.49. The van der Waals surface area contributed by atoms with Gasteiger partial charge < -0.3 is 19.5 Å². The lowest BCUT2D eigenvalue weighted by Gasteiger charge is -2.36.